The first-order valence-electron chi connectivity index (χ1n) is 9.95. The van der Waals surface area contributed by atoms with Gasteiger partial charge in [-0.2, -0.15) is 0 Å². The number of halogens is 2. The third-order valence-electron chi connectivity index (χ3n) is 4.92. The fraction of sp³-hybridized carbons (Fsp3) is 0.0476. The molecule has 2 amide bonds. The number of carbonyl (C=O) groups excluding carboxylic acids is 1. The van der Waals surface area contributed by atoms with Crippen molar-refractivity contribution in [1.29, 1.82) is 5.41 Å². The number of hydrogen-bond acceptors (Lipinski definition) is 7. The Balaban J connectivity index is 1.62. The molecule has 0 bridgehead atoms. The molecule has 5 N–H and O–H groups in total. The van der Waals surface area contributed by atoms with Gasteiger partial charge in [-0.3, -0.25) is 10.2 Å². The van der Waals surface area contributed by atoms with Crippen LogP contribution in [0.5, 0.6) is 0 Å². The average molecular weight is 551 g/mol. The number of amidine groups is 1. The Morgan fingerprint density at radius 3 is 2.53 bits per heavy atom. The summed E-state index contributed by atoms with van der Waals surface area (Å²) in [5, 5.41) is 12.7. The van der Waals surface area contributed by atoms with Crippen LogP contribution in [0.1, 0.15) is 5.56 Å². The minimum absolute atomic E-state index is 0.0760. The molecule has 11 nitrogen and oxygen atoms in total. The third kappa shape index (κ3) is 4.86. The topological polar surface area (TPSA) is 166 Å². The van der Waals surface area contributed by atoms with Gasteiger partial charge in [-0.25, -0.2) is 31.7 Å². The minimum Gasteiger partial charge on any atom is -0.373 e. The first kappa shape index (κ1) is 25.1. The Bertz CT molecular complexity index is 1760. The van der Waals surface area contributed by atoms with Crippen LogP contribution in [0.25, 0.3) is 16.6 Å². The molecule has 2 aromatic heterocycles. The number of nitrogens with zero attached hydrogens (tertiary/aromatic N) is 1. The summed E-state index contributed by atoms with van der Waals surface area (Å²) in [5.74, 6) is -0.951. The van der Waals surface area contributed by atoms with Gasteiger partial charge in [0, 0.05) is 18.3 Å². The fourth-order valence-corrected chi connectivity index (χ4v) is 5.66. The maximum absolute atomic E-state index is 14.9. The van der Waals surface area contributed by atoms with Crippen molar-refractivity contribution in [3.05, 3.63) is 85.1 Å². The first-order valence-corrected chi connectivity index (χ1v) is 12.6. The molecule has 4 rings (SSSR count). The van der Waals surface area contributed by atoms with Crippen molar-refractivity contribution < 1.29 is 17.6 Å². The Hall–Kier alpha value is -4.01. The molecule has 2 heterocycles. The number of benzene rings is 2. The molecule has 0 atom stereocenters. The van der Waals surface area contributed by atoms with Crippen molar-refractivity contribution in [2.45, 2.75) is 4.21 Å². The van der Waals surface area contributed by atoms with Gasteiger partial charge >= 0.3 is 11.7 Å². The zero-order valence-corrected chi connectivity index (χ0v) is 20.6. The standard InChI is InChI=1S/C21H16ClFN6O5S2/c1-25-18(24)10-2-4-12-14(8-10)27-21(32)29(19(12)30)15-5-3-11(9-13(15)23)26-20(31)28-36(33,34)17-7-6-16(22)35-17/h2-9H,1H3,(H2,24,25)(H,27,32)(H2,26,28,31). The quantitative estimate of drug-likeness (QED) is 0.189. The zero-order chi connectivity index (χ0) is 26.2. The summed E-state index contributed by atoms with van der Waals surface area (Å²) in [6.45, 7) is 0. The number of amides is 2. The van der Waals surface area contributed by atoms with E-state index in [9.17, 15) is 27.2 Å². The average Bonchev–Trinajstić information content (AvgIpc) is 3.26. The number of hydrogen-bond donors (Lipinski definition) is 5. The molecule has 0 aliphatic rings. The van der Waals surface area contributed by atoms with Gasteiger partial charge in [-0.15, -0.1) is 11.3 Å². The molecule has 0 fully saturated rings. The smallest absolute Gasteiger partial charge is 0.333 e. The van der Waals surface area contributed by atoms with Gasteiger partial charge in [0.2, 0.25) is 0 Å². The molecule has 0 spiro atoms. The van der Waals surface area contributed by atoms with Gasteiger partial charge in [0.1, 0.15) is 15.9 Å². The highest BCUT2D eigenvalue weighted by Crippen LogP contribution is 2.25. The molecule has 0 aliphatic heterocycles. The van der Waals surface area contributed by atoms with Crippen LogP contribution in [-0.2, 0) is 10.0 Å². The van der Waals surface area contributed by atoms with Gasteiger partial charge < -0.3 is 15.6 Å². The van der Waals surface area contributed by atoms with E-state index < -0.39 is 33.1 Å². The lowest BCUT2D eigenvalue weighted by atomic mass is 10.1. The van der Waals surface area contributed by atoms with Gasteiger partial charge in [0.25, 0.3) is 15.6 Å². The number of nitrogens with one attached hydrogen (secondary N) is 5. The number of thiophene rings is 1. The van der Waals surface area contributed by atoms with Crippen LogP contribution in [0.15, 0.2) is 62.3 Å². The highest BCUT2D eigenvalue weighted by atomic mass is 35.5. The summed E-state index contributed by atoms with van der Waals surface area (Å²) < 4.78 is 41.8. The van der Waals surface area contributed by atoms with Crippen LogP contribution in [0.3, 0.4) is 0 Å². The molecule has 186 valence electrons. The van der Waals surface area contributed by atoms with Gasteiger partial charge in [-0.05, 0) is 42.5 Å². The number of aromatic amines is 1. The van der Waals surface area contributed by atoms with Crippen LogP contribution in [-0.4, -0.2) is 36.9 Å². The molecular weight excluding hydrogens is 535 g/mol. The lowest BCUT2D eigenvalue weighted by Gasteiger charge is -2.11. The fourth-order valence-electron chi connectivity index (χ4n) is 3.27. The number of urea groups is 1. The van der Waals surface area contributed by atoms with Crippen LogP contribution in [0, 0.1) is 11.2 Å². The molecule has 15 heteroatoms. The van der Waals surface area contributed by atoms with E-state index in [-0.39, 0.29) is 36.7 Å². The van der Waals surface area contributed by atoms with E-state index >= 15 is 0 Å². The second-order valence-electron chi connectivity index (χ2n) is 7.24. The van der Waals surface area contributed by atoms with E-state index in [0.29, 0.717) is 10.1 Å². The van der Waals surface area contributed by atoms with Crippen LogP contribution in [0.4, 0.5) is 14.9 Å². The Labute approximate surface area is 211 Å². The van der Waals surface area contributed by atoms with E-state index in [1.807, 2.05) is 0 Å². The van der Waals surface area contributed by atoms with Crippen molar-refractivity contribution in [3.8, 4) is 5.69 Å². The lowest BCUT2D eigenvalue weighted by molar-refractivity contribution is 0.256. The third-order valence-corrected chi connectivity index (χ3v) is 7.98. The lowest BCUT2D eigenvalue weighted by Crippen LogP contribution is -2.35. The van der Waals surface area contributed by atoms with Gasteiger partial charge in [0.15, 0.2) is 0 Å². The van der Waals surface area contributed by atoms with E-state index in [0.717, 1.165) is 23.5 Å². The summed E-state index contributed by atoms with van der Waals surface area (Å²) >= 11 is 6.47. The van der Waals surface area contributed by atoms with Crippen molar-refractivity contribution >= 4 is 61.4 Å². The molecule has 36 heavy (non-hydrogen) atoms. The number of carbonyl (C=O) groups is 1. The normalized spacial score (nSPS) is 11.3. The maximum atomic E-state index is 14.9. The SMILES string of the molecule is CNC(=N)c1ccc2c(=O)n(-c3ccc(NC(=O)NS(=O)(=O)c4ccc(Cl)s4)cc3F)c(=O)[nH]c2c1. The summed E-state index contributed by atoms with van der Waals surface area (Å²) in [6, 6.07) is 8.90. The molecule has 0 saturated heterocycles. The first-order chi connectivity index (χ1) is 17.0. The van der Waals surface area contributed by atoms with Gasteiger partial charge in [0.05, 0.1) is 20.9 Å². The largest absolute Gasteiger partial charge is 0.373 e. The number of H-pyrrole nitrogens is 1. The Morgan fingerprint density at radius 2 is 1.89 bits per heavy atom. The number of anilines is 1. The monoisotopic (exact) mass is 550 g/mol. The van der Waals surface area contributed by atoms with Crippen molar-refractivity contribution in [3.63, 3.8) is 0 Å². The van der Waals surface area contributed by atoms with E-state index in [1.54, 1.807) is 11.8 Å². The summed E-state index contributed by atoms with van der Waals surface area (Å²) in [6.07, 6.45) is 0. The highest BCUT2D eigenvalue weighted by Gasteiger charge is 2.20. The van der Waals surface area contributed by atoms with Crippen molar-refractivity contribution in [2.75, 3.05) is 12.4 Å². The molecule has 2 aromatic carbocycles. The number of rotatable bonds is 5. The molecule has 0 radical (unpaired) electrons. The molecular formula is C21H16ClFN6O5S2. The number of sulfonamides is 1. The van der Waals surface area contributed by atoms with Crippen molar-refractivity contribution in [1.82, 2.24) is 19.6 Å². The van der Waals surface area contributed by atoms with Crippen LogP contribution < -0.4 is 26.6 Å². The second-order valence-corrected chi connectivity index (χ2v) is 10.9. The molecule has 0 aliphatic carbocycles. The number of fused-ring (bicyclic) bond motifs is 1. The highest BCUT2D eigenvalue weighted by molar-refractivity contribution is 7.92. The molecule has 0 saturated carbocycles. The molecule has 4 aromatic rings. The van der Waals surface area contributed by atoms with Crippen molar-refractivity contribution in [2.24, 2.45) is 0 Å². The van der Waals surface area contributed by atoms with Crippen LogP contribution in [0.2, 0.25) is 4.34 Å². The van der Waals surface area contributed by atoms with E-state index in [1.165, 1.54) is 36.4 Å². The summed E-state index contributed by atoms with van der Waals surface area (Å²) in [7, 11) is -2.64. The minimum atomic E-state index is -4.19. The maximum Gasteiger partial charge on any atom is 0.333 e. The zero-order valence-electron chi connectivity index (χ0n) is 18.2. The predicted octanol–water partition coefficient (Wildman–Crippen LogP) is 2.59. The van der Waals surface area contributed by atoms with Crippen LogP contribution >= 0.6 is 22.9 Å². The van der Waals surface area contributed by atoms with E-state index in [2.05, 4.69) is 15.6 Å². The van der Waals surface area contributed by atoms with E-state index in [4.69, 9.17) is 17.0 Å². The van der Waals surface area contributed by atoms with Gasteiger partial charge in [-0.1, -0.05) is 17.7 Å². The Kier molecular flexibility index (Phi) is 6.67. The summed E-state index contributed by atoms with van der Waals surface area (Å²) in [5.41, 5.74) is -1.63. The number of aromatic nitrogens is 2. The predicted molar refractivity (Wildman–Crippen MR) is 135 cm³/mol. The Morgan fingerprint density at radius 1 is 1.14 bits per heavy atom. The molecule has 0 unspecified atom stereocenters. The second kappa shape index (κ2) is 9.56. The summed E-state index contributed by atoms with van der Waals surface area (Å²) in [4.78, 5) is 40.2.